The number of aromatic nitrogens is 4. The van der Waals surface area contributed by atoms with Crippen LogP contribution in [0.3, 0.4) is 0 Å². The molecule has 1 aromatic heterocycles. The highest BCUT2D eigenvalue weighted by Crippen LogP contribution is 2.15. The standard InChI is InChI=1S/C22H20N8/c1-2-17-13-15-19(16-14-17)23-24-21(18-9-5-3-6-10-18)25-26-22-27-28-29-30(22)20-11-7-4-8-12-20/h3-16,23H,2H2,1H3/b24-21-,26-25?. The molecule has 8 nitrogen and oxygen atoms in total. The first-order chi connectivity index (χ1) is 14.8. The molecule has 0 spiro atoms. The summed E-state index contributed by atoms with van der Waals surface area (Å²) < 4.78 is 1.52. The smallest absolute Gasteiger partial charge is 0.276 e. The minimum absolute atomic E-state index is 0.261. The van der Waals surface area contributed by atoms with Crippen LogP contribution in [0.1, 0.15) is 18.1 Å². The van der Waals surface area contributed by atoms with Gasteiger partial charge in [-0.25, -0.2) is 0 Å². The number of para-hydroxylation sites is 1. The van der Waals surface area contributed by atoms with Gasteiger partial charge in [-0.05, 0) is 46.7 Å². The molecule has 1 heterocycles. The second-order valence-corrected chi connectivity index (χ2v) is 6.39. The van der Waals surface area contributed by atoms with Gasteiger partial charge >= 0.3 is 0 Å². The van der Waals surface area contributed by atoms with Crippen molar-refractivity contribution in [2.24, 2.45) is 15.3 Å². The minimum atomic E-state index is 0.261. The largest absolute Gasteiger partial charge is 0.292 e. The third-order valence-corrected chi connectivity index (χ3v) is 4.37. The van der Waals surface area contributed by atoms with E-state index in [0.717, 1.165) is 23.4 Å². The first kappa shape index (κ1) is 19.1. The van der Waals surface area contributed by atoms with Gasteiger partial charge in [0.15, 0.2) is 0 Å². The first-order valence-corrected chi connectivity index (χ1v) is 9.57. The lowest BCUT2D eigenvalue weighted by Gasteiger charge is -2.04. The van der Waals surface area contributed by atoms with E-state index >= 15 is 0 Å². The molecule has 30 heavy (non-hydrogen) atoms. The van der Waals surface area contributed by atoms with Crippen molar-refractivity contribution < 1.29 is 0 Å². The molecule has 0 saturated carbocycles. The third kappa shape index (κ3) is 4.61. The molecule has 0 bridgehead atoms. The van der Waals surface area contributed by atoms with Gasteiger partial charge in [-0.2, -0.15) is 9.78 Å². The predicted molar refractivity (Wildman–Crippen MR) is 116 cm³/mol. The highest BCUT2D eigenvalue weighted by Gasteiger charge is 2.08. The summed E-state index contributed by atoms with van der Waals surface area (Å²) in [5.74, 6) is 0.676. The Labute approximate surface area is 174 Å². The monoisotopic (exact) mass is 396 g/mol. The molecule has 3 aromatic carbocycles. The van der Waals surface area contributed by atoms with E-state index in [4.69, 9.17) is 0 Å². The van der Waals surface area contributed by atoms with Crippen molar-refractivity contribution in [2.45, 2.75) is 13.3 Å². The van der Waals surface area contributed by atoms with Crippen molar-refractivity contribution in [2.75, 3.05) is 5.43 Å². The summed E-state index contributed by atoms with van der Waals surface area (Å²) in [7, 11) is 0. The molecule has 1 N–H and O–H groups in total. The number of hydrogen-bond donors (Lipinski definition) is 1. The number of aryl methyl sites for hydroxylation is 1. The van der Waals surface area contributed by atoms with E-state index in [2.05, 4.69) is 55.3 Å². The summed E-state index contributed by atoms with van der Waals surface area (Å²) in [6.45, 7) is 2.12. The van der Waals surface area contributed by atoms with Crippen LogP contribution in [0.15, 0.2) is 100 Å². The van der Waals surface area contributed by atoms with Gasteiger partial charge in [0.05, 0.1) is 11.4 Å². The van der Waals surface area contributed by atoms with E-state index in [1.54, 1.807) is 0 Å². The van der Waals surface area contributed by atoms with E-state index in [1.165, 1.54) is 10.2 Å². The Bertz CT molecular complexity index is 1130. The zero-order valence-corrected chi connectivity index (χ0v) is 16.4. The Morgan fingerprint density at radius 2 is 1.60 bits per heavy atom. The topological polar surface area (TPSA) is 92.7 Å². The number of azo groups is 1. The molecule has 0 unspecified atom stereocenters. The van der Waals surface area contributed by atoms with Crippen LogP contribution in [0, 0.1) is 0 Å². The van der Waals surface area contributed by atoms with Crippen LogP contribution in [0.2, 0.25) is 0 Å². The van der Waals surface area contributed by atoms with Crippen LogP contribution in [0.4, 0.5) is 11.6 Å². The van der Waals surface area contributed by atoms with E-state index in [0.29, 0.717) is 5.84 Å². The minimum Gasteiger partial charge on any atom is -0.276 e. The average Bonchev–Trinajstić information content (AvgIpc) is 3.29. The Morgan fingerprint density at radius 3 is 2.30 bits per heavy atom. The van der Waals surface area contributed by atoms with E-state index < -0.39 is 0 Å². The highest BCUT2D eigenvalue weighted by molar-refractivity contribution is 5.99. The van der Waals surface area contributed by atoms with Gasteiger partial charge in [-0.3, -0.25) is 5.43 Å². The van der Waals surface area contributed by atoms with Gasteiger partial charge in [-0.15, -0.1) is 10.2 Å². The first-order valence-electron chi connectivity index (χ1n) is 9.57. The molecule has 0 saturated heterocycles. The molecule has 0 aliphatic heterocycles. The highest BCUT2D eigenvalue weighted by atomic mass is 15.6. The number of benzene rings is 3. The summed E-state index contributed by atoms with van der Waals surface area (Å²) >= 11 is 0. The molecular weight excluding hydrogens is 376 g/mol. The summed E-state index contributed by atoms with van der Waals surface area (Å²) in [6, 6.07) is 27.2. The second kappa shape index (κ2) is 9.33. The van der Waals surface area contributed by atoms with Crippen LogP contribution < -0.4 is 5.43 Å². The molecule has 0 aliphatic carbocycles. The number of tetrazole rings is 1. The number of nitrogens with one attached hydrogen (secondary N) is 1. The predicted octanol–water partition coefficient (Wildman–Crippen LogP) is 4.78. The average molecular weight is 396 g/mol. The summed E-state index contributed by atoms with van der Waals surface area (Å²) in [5, 5.41) is 24.7. The van der Waals surface area contributed by atoms with Crippen LogP contribution in [0.25, 0.3) is 5.69 Å². The molecule has 4 rings (SSSR count). The lowest BCUT2D eigenvalue weighted by atomic mass is 10.2. The maximum Gasteiger partial charge on any atom is 0.292 e. The van der Waals surface area contributed by atoms with Crippen molar-refractivity contribution in [3.8, 4) is 5.69 Å². The van der Waals surface area contributed by atoms with Gasteiger partial charge in [0, 0.05) is 5.56 Å². The lowest BCUT2D eigenvalue weighted by molar-refractivity contribution is 0.788. The van der Waals surface area contributed by atoms with E-state index in [1.807, 2.05) is 72.8 Å². The van der Waals surface area contributed by atoms with Crippen LogP contribution in [-0.2, 0) is 6.42 Å². The molecule has 8 heteroatoms. The van der Waals surface area contributed by atoms with E-state index in [9.17, 15) is 0 Å². The zero-order valence-electron chi connectivity index (χ0n) is 16.4. The molecule has 0 fully saturated rings. The third-order valence-electron chi connectivity index (χ3n) is 4.37. The van der Waals surface area contributed by atoms with Gasteiger partial charge < -0.3 is 0 Å². The molecule has 0 amide bonds. The fraction of sp³-hybridized carbons (Fsp3) is 0.0909. The quantitative estimate of drug-likeness (QED) is 0.220. The normalized spacial score (nSPS) is 11.7. The van der Waals surface area contributed by atoms with Crippen molar-refractivity contribution >= 4 is 17.5 Å². The number of hydrogen-bond acceptors (Lipinski definition) is 6. The summed E-state index contributed by atoms with van der Waals surface area (Å²) in [4.78, 5) is 0. The van der Waals surface area contributed by atoms with Crippen molar-refractivity contribution in [1.29, 1.82) is 0 Å². The van der Waals surface area contributed by atoms with Gasteiger partial charge in [0.2, 0.25) is 5.84 Å². The second-order valence-electron chi connectivity index (χ2n) is 6.39. The number of amidine groups is 1. The fourth-order valence-corrected chi connectivity index (χ4v) is 2.74. The SMILES string of the molecule is CCc1ccc(N/N=C(\N=Nc2nnnn2-c2ccccc2)c2ccccc2)cc1. The van der Waals surface area contributed by atoms with Gasteiger partial charge in [0.1, 0.15) is 0 Å². The Balaban J connectivity index is 1.62. The Kier molecular flexibility index (Phi) is 5.95. The van der Waals surface area contributed by atoms with Crippen LogP contribution in [-0.4, -0.2) is 26.0 Å². The lowest BCUT2D eigenvalue weighted by Crippen LogP contribution is -2.01. The molecule has 4 aromatic rings. The number of rotatable bonds is 6. The van der Waals surface area contributed by atoms with Crippen LogP contribution >= 0.6 is 0 Å². The molecular formula is C22H20N8. The van der Waals surface area contributed by atoms with Gasteiger partial charge in [0.25, 0.3) is 5.95 Å². The maximum absolute atomic E-state index is 4.45. The Hall–Kier alpha value is -4.20. The summed E-state index contributed by atoms with van der Waals surface area (Å²) in [5.41, 5.74) is 6.79. The van der Waals surface area contributed by atoms with Gasteiger partial charge in [-0.1, -0.05) is 72.7 Å². The van der Waals surface area contributed by atoms with Crippen molar-refractivity contribution in [3.05, 3.63) is 96.1 Å². The number of hydrazone groups is 1. The molecule has 0 radical (unpaired) electrons. The maximum atomic E-state index is 4.45. The van der Waals surface area contributed by atoms with E-state index in [-0.39, 0.29) is 5.95 Å². The van der Waals surface area contributed by atoms with Crippen molar-refractivity contribution in [1.82, 2.24) is 20.2 Å². The molecule has 0 atom stereocenters. The van der Waals surface area contributed by atoms with Crippen molar-refractivity contribution in [3.63, 3.8) is 0 Å². The molecule has 0 aliphatic rings. The number of anilines is 1. The Morgan fingerprint density at radius 1 is 0.900 bits per heavy atom. The zero-order chi connectivity index (χ0) is 20.6. The molecule has 148 valence electrons. The fourth-order valence-electron chi connectivity index (χ4n) is 2.74. The summed E-state index contributed by atoms with van der Waals surface area (Å²) in [6.07, 6.45) is 0.989. The van der Waals surface area contributed by atoms with Crippen LogP contribution in [0.5, 0.6) is 0 Å². The number of nitrogens with zero attached hydrogens (tertiary/aromatic N) is 7.